The minimum absolute atomic E-state index is 0.0293. The van der Waals surface area contributed by atoms with Crippen LogP contribution >= 0.6 is 0 Å². The summed E-state index contributed by atoms with van der Waals surface area (Å²) in [6, 6.07) is 0.401. The first kappa shape index (κ1) is 25.2. The van der Waals surface area contributed by atoms with E-state index < -0.39 is 58.0 Å². The number of nitrogens with zero attached hydrogens (tertiary/aromatic N) is 1. The number of ether oxygens (including phenoxy) is 1. The number of ketones is 2. The lowest BCUT2D eigenvalue weighted by molar-refractivity contribution is -0.148. The van der Waals surface area contributed by atoms with Gasteiger partial charge >= 0.3 is 0 Å². The summed E-state index contributed by atoms with van der Waals surface area (Å²) < 4.78 is 5.73. The standard InChI is InChI=1S/C26H31N3O8/c1-29(2)19-13-8-10-7-12-17(15(30)9-11(22(12)37-3)14-5-4-6-28-14)20(31)16(10)23(33)26(13,36)24(34)18(21(19)32)25(27)35/h9-10,13-14,19,28,30,32-33,36H,4-8H2,1-3H3,(H2,27,35)/t10-,13-,14?,19-,26-/m0/s1. The third kappa shape index (κ3) is 3.34. The fourth-order valence-electron chi connectivity index (χ4n) is 6.78. The SMILES string of the molecule is COc1c(C2CCCN2)cc(O)c2c1C[C@H]1C[C@H]3[C@H](N(C)C)C(O)=C(C(N)=O)C(=O)[C@@]3(O)C(O)=C1C2=O. The molecule has 3 aliphatic carbocycles. The summed E-state index contributed by atoms with van der Waals surface area (Å²) in [4.78, 5) is 40.7. The number of nitrogens with one attached hydrogen (secondary N) is 1. The van der Waals surface area contributed by atoms with E-state index in [-0.39, 0.29) is 35.8 Å². The molecule has 1 heterocycles. The Balaban J connectivity index is 1.71. The quantitative estimate of drug-likeness (QED) is 0.311. The fourth-order valence-corrected chi connectivity index (χ4v) is 6.78. The van der Waals surface area contributed by atoms with Crippen molar-refractivity contribution >= 4 is 17.5 Å². The minimum atomic E-state index is -2.65. The van der Waals surface area contributed by atoms with E-state index in [1.807, 2.05) is 0 Å². The molecule has 11 nitrogen and oxygen atoms in total. The number of Topliss-reactive ketones (excluding diaryl/α,β-unsaturated/α-hetero) is 2. The molecule has 37 heavy (non-hydrogen) atoms. The lowest BCUT2D eigenvalue weighted by Gasteiger charge is -2.50. The fraction of sp³-hybridized carbons (Fsp3) is 0.500. The maximum absolute atomic E-state index is 13.8. The molecule has 1 saturated heterocycles. The van der Waals surface area contributed by atoms with Crippen LogP contribution in [0.3, 0.4) is 0 Å². The van der Waals surface area contributed by atoms with Crippen molar-refractivity contribution in [1.29, 1.82) is 0 Å². The third-order valence-electron chi connectivity index (χ3n) is 8.34. The molecule has 0 radical (unpaired) electrons. The number of aliphatic hydroxyl groups excluding tert-OH is 2. The van der Waals surface area contributed by atoms with Gasteiger partial charge in [-0.2, -0.15) is 0 Å². The third-order valence-corrected chi connectivity index (χ3v) is 8.34. The van der Waals surface area contributed by atoms with Crippen molar-refractivity contribution in [3.8, 4) is 11.5 Å². The highest BCUT2D eigenvalue weighted by Gasteiger charge is 2.63. The van der Waals surface area contributed by atoms with Gasteiger partial charge in [0.25, 0.3) is 5.91 Å². The lowest BCUT2D eigenvalue weighted by atomic mass is 9.58. The number of hydrogen-bond donors (Lipinski definition) is 6. The first-order valence-corrected chi connectivity index (χ1v) is 12.3. The highest BCUT2D eigenvalue weighted by molar-refractivity contribution is 6.24. The first-order valence-electron chi connectivity index (χ1n) is 12.3. The van der Waals surface area contributed by atoms with Gasteiger partial charge in [-0.05, 0) is 58.3 Å². The summed E-state index contributed by atoms with van der Waals surface area (Å²) in [6.45, 7) is 0.818. The number of likely N-dealkylation sites (N-methyl/N-ethyl adjacent to an activating group) is 1. The van der Waals surface area contributed by atoms with Crippen molar-refractivity contribution in [2.45, 2.75) is 43.4 Å². The van der Waals surface area contributed by atoms with E-state index in [1.165, 1.54) is 18.1 Å². The second-order valence-corrected chi connectivity index (χ2v) is 10.5. The second kappa shape index (κ2) is 8.57. The van der Waals surface area contributed by atoms with Crippen LogP contribution in [0.25, 0.3) is 0 Å². The van der Waals surface area contributed by atoms with E-state index >= 15 is 0 Å². The highest BCUT2D eigenvalue weighted by Crippen LogP contribution is 2.54. The molecule has 1 unspecified atom stereocenters. The maximum Gasteiger partial charge on any atom is 0.255 e. The number of phenolic OH excluding ortho intramolecular Hbond substituents is 1. The number of hydrogen-bond acceptors (Lipinski definition) is 10. The van der Waals surface area contributed by atoms with Crippen molar-refractivity contribution in [2.24, 2.45) is 17.6 Å². The number of phenols is 1. The number of methoxy groups -OCH3 is 1. The number of carbonyl (C=O) groups excluding carboxylic acids is 3. The molecule has 1 aliphatic heterocycles. The number of primary amides is 1. The Labute approximate surface area is 213 Å². The van der Waals surface area contributed by atoms with Gasteiger partial charge in [0.1, 0.15) is 28.6 Å². The Morgan fingerprint density at radius 3 is 2.51 bits per heavy atom. The van der Waals surface area contributed by atoms with Gasteiger partial charge in [0.2, 0.25) is 5.78 Å². The van der Waals surface area contributed by atoms with Crippen LogP contribution in [0.2, 0.25) is 0 Å². The van der Waals surface area contributed by atoms with E-state index in [0.29, 0.717) is 11.3 Å². The lowest BCUT2D eigenvalue weighted by Crippen LogP contribution is -2.63. The Morgan fingerprint density at radius 1 is 1.24 bits per heavy atom. The van der Waals surface area contributed by atoms with E-state index in [9.17, 15) is 34.8 Å². The van der Waals surface area contributed by atoms with Crippen LogP contribution < -0.4 is 15.8 Å². The number of benzene rings is 1. The molecule has 1 amide bonds. The average molecular weight is 514 g/mol. The number of nitrogens with two attached hydrogens (primary N) is 1. The van der Waals surface area contributed by atoms with Crippen molar-refractivity contribution in [3.63, 3.8) is 0 Å². The van der Waals surface area contributed by atoms with Gasteiger partial charge in [-0.15, -0.1) is 0 Å². The molecule has 11 heteroatoms. The van der Waals surface area contributed by atoms with Gasteiger partial charge in [0.15, 0.2) is 11.4 Å². The number of aliphatic hydroxyl groups is 3. The zero-order valence-corrected chi connectivity index (χ0v) is 20.9. The topological polar surface area (TPSA) is 183 Å². The largest absolute Gasteiger partial charge is 0.510 e. The number of fused-ring (bicyclic) bond motifs is 3. The summed E-state index contributed by atoms with van der Waals surface area (Å²) >= 11 is 0. The second-order valence-electron chi connectivity index (χ2n) is 10.5. The van der Waals surface area contributed by atoms with Gasteiger partial charge in [0.05, 0.1) is 18.7 Å². The zero-order valence-electron chi connectivity index (χ0n) is 20.9. The molecule has 5 atom stereocenters. The molecule has 0 aromatic heterocycles. The van der Waals surface area contributed by atoms with E-state index in [2.05, 4.69) is 5.32 Å². The molecular formula is C26H31N3O8. The first-order chi connectivity index (χ1) is 17.4. The summed E-state index contributed by atoms with van der Waals surface area (Å²) in [5.74, 6) is -6.25. The van der Waals surface area contributed by atoms with Crippen LogP contribution in [0.1, 0.15) is 46.8 Å². The summed E-state index contributed by atoms with van der Waals surface area (Å²) in [5, 5.41) is 48.1. The predicted octanol–water partition coefficient (Wildman–Crippen LogP) is 0.554. The molecule has 0 spiro atoms. The molecule has 5 rings (SSSR count). The number of carbonyl (C=O) groups is 3. The molecule has 1 aromatic carbocycles. The van der Waals surface area contributed by atoms with Gasteiger partial charge in [-0.25, -0.2) is 0 Å². The van der Waals surface area contributed by atoms with Crippen LogP contribution in [-0.4, -0.2) is 82.2 Å². The Hall–Kier alpha value is -3.41. The smallest absolute Gasteiger partial charge is 0.255 e. The van der Waals surface area contributed by atoms with Crippen LogP contribution in [0.5, 0.6) is 11.5 Å². The van der Waals surface area contributed by atoms with E-state index in [1.54, 1.807) is 14.1 Å². The van der Waals surface area contributed by atoms with Crippen LogP contribution in [0.15, 0.2) is 28.7 Å². The summed E-state index contributed by atoms with van der Waals surface area (Å²) in [7, 11) is 4.68. The molecule has 198 valence electrons. The Kier molecular flexibility index (Phi) is 5.85. The van der Waals surface area contributed by atoms with Gasteiger partial charge in [-0.3, -0.25) is 19.3 Å². The minimum Gasteiger partial charge on any atom is -0.510 e. The Bertz CT molecular complexity index is 1290. The number of rotatable bonds is 4. The maximum atomic E-state index is 13.8. The molecular weight excluding hydrogens is 482 g/mol. The van der Waals surface area contributed by atoms with Crippen LogP contribution in [-0.2, 0) is 16.0 Å². The van der Waals surface area contributed by atoms with Crippen molar-refractivity contribution in [3.05, 3.63) is 45.4 Å². The van der Waals surface area contributed by atoms with Crippen LogP contribution in [0, 0.1) is 11.8 Å². The van der Waals surface area contributed by atoms with E-state index in [4.69, 9.17) is 10.5 Å². The molecule has 1 aromatic rings. The van der Waals surface area contributed by atoms with E-state index in [0.717, 1.165) is 24.9 Å². The monoisotopic (exact) mass is 513 g/mol. The predicted molar refractivity (Wildman–Crippen MR) is 130 cm³/mol. The van der Waals surface area contributed by atoms with Gasteiger partial charge < -0.3 is 36.2 Å². The van der Waals surface area contributed by atoms with Crippen molar-refractivity contribution in [2.75, 3.05) is 27.7 Å². The average Bonchev–Trinajstić information content (AvgIpc) is 3.35. The molecule has 4 aliphatic rings. The van der Waals surface area contributed by atoms with Gasteiger partial charge in [-0.1, -0.05) is 0 Å². The van der Waals surface area contributed by atoms with Gasteiger partial charge in [0, 0.05) is 28.7 Å². The number of aromatic hydroxyl groups is 1. The van der Waals surface area contributed by atoms with Crippen molar-refractivity contribution < 1.29 is 39.5 Å². The highest BCUT2D eigenvalue weighted by atomic mass is 16.5. The number of allylic oxidation sites excluding steroid dienone is 1. The zero-order chi connectivity index (χ0) is 27.0. The summed E-state index contributed by atoms with van der Waals surface area (Å²) in [6.07, 6.45) is 2.01. The van der Waals surface area contributed by atoms with Crippen LogP contribution in [0.4, 0.5) is 0 Å². The number of amides is 1. The Morgan fingerprint density at radius 2 is 1.95 bits per heavy atom. The summed E-state index contributed by atoms with van der Waals surface area (Å²) in [5.41, 5.74) is 2.85. The molecule has 0 saturated carbocycles. The normalized spacial score (nSPS) is 31.4. The van der Waals surface area contributed by atoms with Crippen molar-refractivity contribution in [1.82, 2.24) is 10.2 Å². The molecule has 0 bridgehead atoms. The molecule has 7 N–H and O–H groups in total. The molecule has 1 fully saturated rings.